The minimum absolute atomic E-state index is 0.0184. The Balaban J connectivity index is 1.43. The van der Waals surface area contributed by atoms with E-state index in [1.165, 1.54) is 12.8 Å². The number of anilines is 2. The summed E-state index contributed by atoms with van der Waals surface area (Å²) in [5, 5.41) is 9.77. The Morgan fingerprint density at radius 3 is 2.54 bits per heavy atom. The first kappa shape index (κ1) is 18.8. The van der Waals surface area contributed by atoms with Crippen LogP contribution >= 0.6 is 11.6 Å². The number of amides is 1. The summed E-state index contributed by atoms with van der Waals surface area (Å²) >= 11 is 6.02. The number of halogens is 1. The molecule has 4 rings (SSSR count). The van der Waals surface area contributed by atoms with E-state index in [0.29, 0.717) is 16.5 Å². The van der Waals surface area contributed by atoms with Gasteiger partial charge < -0.3 is 9.80 Å². The molecule has 1 aliphatic heterocycles. The maximum absolute atomic E-state index is 13.3. The fraction of sp³-hybridized carbons (Fsp3) is 0.409. The first-order chi connectivity index (χ1) is 13.6. The van der Waals surface area contributed by atoms with Gasteiger partial charge in [-0.1, -0.05) is 11.6 Å². The van der Waals surface area contributed by atoms with E-state index < -0.39 is 0 Å². The molecule has 0 atom stereocenters. The summed E-state index contributed by atoms with van der Waals surface area (Å²) in [6.07, 6.45) is 5.68. The lowest BCUT2D eigenvalue weighted by Gasteiger charge is -2.35. The van der Waals surface area contributed by atoms with Gasteiger partial charge in [-0.25, -0.2) is 4.98 Å². The number of carbonyl (C=O) groups excluding carboxylic acids is 1. The summed E-state index contributed by atoms with van der Waals surface area (Å²) in [4.78, 5) is 21.8. The van der Waals surface area contributed by atoms with Crippen molar-refractivity contribution >= 4 is 29.0 Å². The summed E-state index contributed by atoms with van der Waals surface area (Å²) in [5.41, 5.74) is 1.55. The van der Waals surface area contributed by atoms with Gasteiger partial charge in [0.1, 0.15) is 5.82 Å². The third kappa shape index (κ3) is 4.28. The normalized spacial score (nSPS) is 17.2. The molecule has 2 heterocycles. The molecule has 0 unspecified atom stereocenters. The van der Waals surface area contributed by atoms with E-state index in [4.69, 9.17) is 16.9 Å². The van der Waals surface area contributed by atoms with Gasteiger partial charge in [0.25, 0.3) is 0 Å². The second-order valence-corrected chi connectivity index (χ2v) is 8.08. The Morgan fingerprint density at radius 1 is 1.18 bits per heavy atom. The van der Waals surface area contributed by atoms with Crippen LogP contribution < -0.4 is 9.80 Å². The molecule has 1 amide bonds. The number of hydrogen-bond donors (Lipinski definition) is 0. The molecule has 1 saturated carbocycles. The molecule has 1 aromatic carbocycles. The van der Waals surface area contributed by atoms with Crippen molar-refractivity contribution in [2.75, 3.05) is 29.4 Å². The summed E-state index contributed by atoms with van der Waals surface area (Å²) in [6.45, 7) is 2.35. The van der Waals surface area contributed by atoms with E-state index in [9.17, 15) is 4.79 Å². The van der Waals surface area contributed by atoms with E-state index in [-0.39, 0.29) is 11.8 Å². The second-order valence-electron chi connectivity index (χ2n) is 7.64. The standard InChI is InChI=1S/C22H23ClN4O/c23-19-3-5-20(6-4-19)27(15-16-1-2-16)22(28)18-8-11-26(12-9-18)21-13-17(14-24)7-10-25-21/h3-7,10,13,16,18H,1-2,8-9,11-12,15H2. The molecule has 0 spiro atoms. The highest BCUT2D eigenvalue weighted by Gasteiger charge is 2.33. The lowest BCUT2D eigenvalue weighted by molar-refractivity contribution is -0.123. The third-order valence-corrected chi connectivity index (χ3v) is 5.84. The van der Waals surface area contributed by atoms with Crippen LogP contribution in [0.4, 0.5) is 11.5 Å². The summed E-state index contributed by atoms with van der Waals surface area (Å²) in [6, 6.07) is 13.3. The predicted octanol–water partition coefficient (Wildman–Crippen LogP) is 4.27. The lowest BCUT2D eigenvalue weighted by atomic mass is 9.94. The second kappa shape index (κ2) is 8.20. The fourth-order valence-electron chi connectivity index (χ4n) is 3.74. The van der Waals surface area contributed by atoms with E-state index in [0.717, 1.165) is 44.0 Å². The Morgan fingerprint density at radius 2 is 1.89 bits per heavy atom. The Hall–Kier alpha value is -2.58. The zero-order valence-electron chi connectivity index (χ0n) is 15.7. The van der Waals surface area contributed by atoms with Crippen LogP contribution in [-0.2, 0) is 4.79 Å². The molecule has 0 bridgehead atoms. The number of nitrogens with zero attached hydrogens (tertiary/aromatic N) is 4. The Labute approximate surface area is 170 Å². The van der Waals surface area contributed by atoms with Crippen LogP contribution in [0.1, 0.15) is 31.2 Å². The van der Waals surface area contributed by atoms with Gasteiger partial charge >= 0.3 is 0 Å². The number of nitriles is 1. The van der Waals surface area contributed by atoms with E-state index in [2.05, 4.69) is 16.0 Å². The largest absolute Gasteiger partial charge is 0.357 e. The Bertz CT molecular complexity index is 880. The van der Waals surface area contributed by atoms with Gasteiger partial charge in [-0.2, -0.15) is 5.26 Å². The lowest BCUT2D eigenvalue weighted by Crippen LogP contribution is -2.43. The summed E-state index contributed by atoms with van der Waals surface area (Å²) in [5.74, 6) is 1.67. The van der Waals surface area contributed by atoms with Crippen molar-refractivity contribution in [1.82, 2.24) is 4.98 Å². The molecule has 1 saturated heterocycles. The third-order valence-electron chi connectivity index (χ3n) is 5.58. The molecule has 0 N–H and O–H groups in total. The molecular weight excluding hydrogens is 372 g/mol. The summed E-state index contributed by atoms with van der Waals surface area (Å²) in [7, 11) is 0. The van der Waals surface area contributed by atoms with Crippen LogP contribution in [0.2, 0.25) is 5.02 Å². The van der Waals surface area contributed by atoms with E-state index in [1.54, 1.807) is 12.3 Å². The Kier molecular flexibility index (Phi) is 5.50. The molecule has 1 aromatic heterocycles. The zero-order valence-corrected chi connectivity index (χ0v) is 16.5. The molecular formula is C22H23ClN4O. The highest BCUT2D eigenvalue weighted by atomic mass is 35.5. The van der Waals surface area contributed by atoms with E-state index >= 15 is 0 Å². The number of rotatable bonds is 5. The first-order valence-electron chi connectivity index (χ1n) is 9.82. The fourth-order valence-corrected chi connectivity index (χ4v) is 3.87. The van der Waals surface area contributed by atoms with Crippen molar-refractivity contribution in [3.05, 3.63) is 53.2 Å². The molecule has 5 nitrogen and oxygen atoms in total. The van der Waals surface area contributed by atoms with Crippen molar-refractivity contribution in [2.24, 2.45) is 11.8 Å². The summed E-state index contributed by atoms with van der Waals surface area (Å²) < 4.78 is 0. The van der Waals surface area contributed by atoms with Crippen molar-refractivity contribution in [3.8, 4) is 6.07 Å². The number of pyridine rings is 1. The van der Waals surface area contributed by atoms with Gasteiger partial charge in [-0.3, -0.25) is 4.79 Å². The molecule has 1 aliphatic carbocycles. The molecule has 0 radical (unpaired) electrons. The van der Waals surface area contributed by atoms with Crippen LogP contribution in [0.5, 0.6) is 0 Å². The van der Waals surface area contributed by atoms with Crippen molar-refractivity contribution in [3.63, 3.8) is 0 Å². The number of piperidine rings is 1. The maximum Gasteiger partial charge on any atom is 0.230 e. The number of hydrogen-bond acceptors (Lipinski definition) is 4. The maximum atomic E-state index is 13.3. The van der Waals surface area contributed by atoms with Gasteiger partial charge in [0.05, 0.1) is 11.6 Å². The van der Waals surface area contributed by atoms with Gasteiger partial charge in [0.15, 0.2) is 0 Å². The topological polar surface area (TPSA) is 60.2 Å². The highest BCUT2D eigenvalue weighted by Crippen LogP contribution is 2.33. The SMILES string of the molecule is N#Cc1ccnc(N2CCC(C(=O)N(CC3CC3)c3ccc(Cl)cc3)CC2)c1. The highest BCUT2D eigenvalue weighted by molar-refractivity contribution is 6.30. The molecule has 2 aromatic rings. The number of benzene rings is 1. The van der Waals surface area contributed by atoms with Crippen molar-refractivity contribution < 1.29 is 4.79 Å². The molecule has 28 heavy (non-hydrogen) atoms. The average Bonchev–Trinajstić information content (AvgIpc) is 3.57. The van der Waals surface area contributed by atoms with Gasteiger partial charge in [-0.15, -0.1) is 0 Å². The van der Waals surface area contributed by atoms with Crippen LogP contribution in [-0.4, -0.2) is 30.5 Å². The molecule has 144 valence electrons. The molecule has 6 heteroatoms. The van der Waals surface area contributed by atoms with Gasteiger partial charge in [-0.05, 0) is 68.0 Å². The van der Waals surface area contributed by atoms with E-state index in [1.807, 2.05) is 35.2 Å². The minimum Gasteiger partial charge on any atom is -0.357 e. The predicted molar refractivity (Wildman–Crippen MR) is 110 cm³/mol. The average molecular weight is 395 g/mol. The number of carbonyl (C=O) groups is 1. The quantitative estimate of drug-likeness (QED) is 0.759. The number of aromatic nitrogens is 1. The van der Waals surface area contributed by atoms with Crippen LogP contribution in [0, 0.1) is 23.2 Å². The molecule has 2 aliphatic rings. The zero-order chi connectivity index (χ0) is 19.5. The van der Waals surface area contributed by atoms with Crippen LogP contribution in [0.15, 0.2) is 42.6 Å². The van der Waals surface area contributed by atoms with Crippen LogP contribution in [0.3, 0.4) is 0 Å². The first-order valence-corrected chi connectivity index (χ1v) is 10.2. The van der Waals surface area contributed by atoms with Crippen molar-refractivity contribution in [1.29, 1.82) is 5.26 Å². The minimum atomic E-state index is 0.0184. The van der Waals surface area contributed by atoms with Gasteiger partial charge in [0.2, 0.25) is 5.91 Å². The smallest absolute Gasteiger partial charge is 0.230 e. The van der Waals surface area contributed by atoms with Gasteiger partial charge in [0, 0.05) is 42.5 Å². The monoisotopic (exact) mass is 394 g/mol. The van der Waals surface area contributed by atoms with Crippen molar-refractivity contribution in [2.45, 2.75) is 25.7 Å². The molecule has 2 fully saturated rings. The van der Waals surface area contributed by atoms with Crippen LogP contribution in [0.25, 0.3) is 0 Å².